The van der Waals surface area contributed by atoms with Gasteiger partial charge in [-0.25, -0.2) is 0 Å². The van der Waals surface area contributed by atoms with Crippen molar-refractivity contribution in [2.75, 3.05) is 44.2 Å². The molecule has 2 aromatic carbocycles. The summed E-state index contributed by atoms with van der Waals surface area (Å²) in [6, 6.07) is 18.2. The predicted molar refractivity (Wildman–Crippen MR) is 107 cm³/mol. The highest BCUT2D eigenvalue weighted by Gasteiger charge is 2.17. The first-order chi connectivity index (χ1) is 11.7. The molecular formula is C19H22IN3O. The lowest BCUT2D eigenvalue weighted by Gasteiger charge is -2.36. The van der Waals surface area contributed by atoms with E-state index in [0.717, 1.165) is 41.9 Å². The first-order valence-corrected chi connectivity index (χ1v) is 9.37. The van der Waals surface area contributed by atoms with E-state index in [1.807, 2.05) is 24.3 Å². The van der Waals surface area contributed by atoms with Gasteiger partial charge in [-0.3, -0.25) is 9.69 Å². The Labute approximate surface area is 157 Å². The molecule has 1 aliphatic rings. The Morgan fingerprint density at radius 1 is 0.958 bits per heavy atom. The van der Waals surface area contributed by atoms with Gasteiger partial charge in [0.1, 0.15) is 0 Å². The number of hydrogen-bond acceptors (Lipinski definition) is 3. The van der Waals surface area contributed by atoms with Gasteiger partial charge in [0.25, 0.3) is 5.91 Å². The number of carbonyl (C=O) groups excluding carboxylic acids is 1. The summed E-state index contributed by atoms with van der Waals surface area (Å²) >= 11 is 2.20. The van der Waals surface area contributed by atoms with Crippen molar-refractivity contribution in [2.45, 2.75) is 0 Å². The van der Waals surface area contributed by atoms with Gasteiger partial charge in [0.05, 0.1) is 5.56 Å². The lowest BCUT2D eigenvalue weighted by molar-refractivity contribution is 0.0947. The molecule has 0 saturated carbocycles. The van der Waals surface area contributed by atoms with E-state index >= 15 is 0 Å². The van der Waals surface area contributed by atoms with Crippen molar-refractivity contribution < 1.29 is 4.79 Å². The summed E-state index contributed by atoms with van der Waals surface area (Å²) in [4.78, 5) is 17.0. The maximum Gasteiger partial charge on any atom is 0.252 e. The van der Waals surface area contributed by atoms with Gasteiger partial charge in [-0.05, 0) is 46.9 Å². The summed E-state index contributed by atoms with van der Waals surface area (Å²) in [5.74, 6) is 0.0166. The van der Waals surface area contributed by atoms with Crippen LogP contribution in [0.4, 0.5) is 5.69 Å². The van der Waals surface area contributed by atoms with Crippen molar-refractivity contribution >= 4 is 34.2 Å². The van der Waals surface area contributed by atoms with Gasteiger partial charge < -0.3 is 10.2 Å². The number of benzene rings is 2. The number of hydrogen-bond donors (Lipinski definition) is 1. The molecule has 0 atom stereocenters. The normalized spacial score (nSPS) is 15.3. The second-order valence-corrected chi connectivity index (χ2v) is 7.06. The second kappa shape index (κ2) is 8.48. The molecule has 1 N–H and O–H groups in total. The number of halogens is 1. The van der Waals surface area contributed by atoms with Crippen LogP contribution in [0, 0.1) is 3.57 Å². The smallest absolute Gasteiger partial charge is 0.252 e. The van der Waals surface area contributed by atoms with E-state index in [1.54, 1.807) is 0 Å². The largest absolute Gasteiger partial charge is 0.369 e. The Morgan fingerprint density at radius 3 is 2.33 bits per heavy atom. The molecule has 1 heterocycles. The first kappa shape index (κ1) is 17.2. The summed E-state index contributed by atoms with van der Waals surface area (Å²) in [7, 11) is 0. The van der Waals surface area contributed by atoms with Gasteiger partial charge in [0.2, 0.25) is 0 Å². The molecule has 0 bridgehead atoms. The van der Waals surface area contributed by atoms with Crippen LogP contribution in [0.5, 0.6) is 0 Å². The number of anilines is 1. The van der Waals surface area contributed by atoms with E-state index in [-0.39, 0.29) is 5.91 Å². The highest BCUT2D eigenvalue weighted by Crippen LogP contribution is 2.15. The molecule has 0 radical (unpaired) electrons. The number of nitrogens with one attached hydrogen (secondary N) is 1. The van der Waals surface area contributed by atoms with Crippen LogP contribution in [0.2, 0.25) is 0 Å². The average molecular weight is 435 g/mol. The number of para-hydroxylation sites is 1. The van der Waals surface area contributed by atoms with Crippen LogP contribution in [0.15, 0.2) is 54.6 Å². The van der Waals surface area contributed by atoms with Crippen LogP contribution in [0.25, 0.3) is 0 Å². The van der Waals surface area contributed by atoms with Gasteiger partial charge in [-0.1, -0.05) is 30.3 Å². The van der Waals surface area contributed by atoms with Crippen LogP contribution in [0.1, 0.15) is 10.4 Å². The van der Waals surface area contributed by atoms with Crippen molar-refractivity contribution in [3.05, 3.63) is 63.7 Å². The summed E-state index contributed by atoms with van der Waals surface area (Å²) in [6.07, 6.45) is 0. The molecular weight excluding hydrogens is 413 g/mol. The summed E-state index contributed by atoms with van der Waals surface area (Å²) in [5, 5.41) is 3.03. The lowest BCUT2D eigenvalue weighted by Crippen LogP contribution is -2.48. The highest BCUT2D eigenvalue weighted by atomic mass is 127. The fraction of sp³-hybridized carbons (Fsp3) is 0.316. The average Bonchev–Trinajstić information content (AvgIpc) is 2.63. The fourth-order valence-electron chi connectivity index (χ4n) is 2.94. The SMILES string of the molecule is O=C(NCCN1CCN(c2ccccc2)CC1)c1ccccc1I. The third-order valence-corrected chi connectivity index (χ3v) is 5.27. The Morgan fingerprint density at radius 2 is 1.62 bits per heavy atom. The molecule has 126 valence electrons. The third-order valence-electron chi connectivity index (χ3n) is 4.33. The number of rotatable bonds is 5. The fourth-order valence-corrected chi connectivity index (χ4v) is 3.57. The minimum Gasteiger partial charge on any atom is -0.369 e. The monoisotopic (exact) mass is 435 g/mol. The summed E-state index contributed by atoms with van der Waals surface area (Å²) in [5.41, 5.74) is 2.05. The number of nitrogens with zero attached hydrogens (tertiary/aromatic N) is 2. The quantitative estimate of drug-likeness (QED) is 0.734. The molecule has 1 amide bonds. The van der Waals surface area contributed by atoms with Crippen molar-refractivity contribution in [1.29, 1.82) is 0 Å². The standard InChI is InChI=1S/C19H22IN3O/c20-18-9-5-4-8-17(18)19(24)21-10-11-22-12-14-23(15-13-22)16-6-2-1-3-7-16/h1-9H,10-15H2,(H,21,24). The maximum absolute atomic E-state index is 12.2. The minimum absolute atomic E-state index is 0.0166. The molecule has 24 heavy (non-hydrogen) atoms. The van der Waals surface area contributed by atoms with Crippen LogP contribution in [-0.2, 0) is 0 Å². The second-order valence-electron chi connectivity index (χ2n) is 5.90. The molecule has 0 unspecified atom stereocenters. The first-order valence-electron chi connectivity index (χ1n) is 8.29. The van der Waals surface area contributed by atoms with Crippen molar-refractivity contribution in [3.63, 3.8) is 0 Å². The zero-order chi connectivity index (χ0) is 16.8. The van der Waals surface area contributed by atoms with E-state index in [9.17, 15) is 4.79 Å². The Bertz CT molecular complexity index is 669. The van der Waals surface area contributed by atoms with E-state index in [0.29, 0.717) is 6.54 Å². The molecule has 0 aliphatic carbocycles. The van der Waals surface area contributed by atoms with Crippen LogP contribution < -0.4 is 10.2 Å². The Kier molecular flexibility index (Phi) is 6.09. The molecule has 0 spiro atoms. The Hall–Kier alpha value is -1.60. The summed E-state index contributed by atoms with van der Waals surface area (Å²) < 4.78 is 0.990. The third kappa shape index (κ3) is 4.48. The molecule has 0 aromatic heterocycles. The number of amides is 1. The van der Waals surface area contributed by atoms with Crippen molar-refractivity contribution in [1.82, 2.24) is 10.2 Å². The van der Waals surface area contributed by atoms with Gasteiger partial charge in [0.15, 0.2) is 0 Å². The Balaban J connectivity index is 1.41. The van der Waals surface area contributed by atoms with Crippen LogP contribution in [-0.4, -0.2) is 50.1 Å². The van der Waals surface area contributed by atoms with Gasteiger partial charge in [-0.2, -0.15) is 0 Å². The number of carbonyl (C=O) groups is 1. The molecule has 3 rings (SSSR count). The molecule has 5 heteroatoms. The highest BCUT2D eigenvalue weighted by molar-refractivity contribution is 14.1. The van der Waals surface area contributed by atoms with Gasteiger partial charge in [-0.15, -0.1) is 0 Å². The molecule has 1 saturated heterocycles. The van der Waals surface area contributed by atoms with E-state index in [1.165, 1.54) is 5.69 Å². The maximum atomic E-state index is 12.2. The van der Waals surface area contributed by atoms with Gasteiger partial charge in [0, 0.05) is 48.5 Å². The van der Waals surface area contributed by atoms with E-state index in [2.05, 4.69) is 68.0 Å². The van der Waals surface area contributed by atoms with Crippen molar-refractivity contribution in [2.24, 2.45) is 0 Å². The number of piperazine rings is 1. The lowest BCUT2D eigenvalue weighted by atomic mass is 10.2. The molecule has 4 nitrogen and oxygen atoms in total. The van der Waals surface area contributed by atoms with E-state index < -0.39 is 0 Å². The zero-order valence-corrected chi connectivity index (χ0v) is 15.8. The van der Waals surface area contributed by atoms with E-state index in [4.69, 9.17) is 0 Å². The topological polar surface area (TPSA) is 35.6 Å². The molecule has 2 aromatic rings. The molecule has 1 fully saturated rings. The van der Waals surface area contributed by atoms with Crippen LogP contribution in [0.3, 0.4) is 0 Å². The van der Waals surface area contributed by atoms with Gasteiger partial charge >= 0.3 is 0 Å². The zero-order valence-electron chi connectivity index (χ0n) is 13.6. The molecule has 1 aliphatic heterocycles. The minimum atomic E-state index is 0.0166. The summed E-state index contributed by atoms with van der Waals surface area (Å²) in [6.45, 7) is 5.73. The van der Waals surface area contributed by atoms with Crippen LogP contribution >= 0.6 is 22.6 Å². The van der Waals surface area contributed by atoms with Crippen molar-refractivity contribution in [3.8, 4) is 0 Å². The predicted octanol–water partition coefficient (Wildman–Crippen LogP) is 2.84.